The van der Waals surface area contributed by atoms with E-state index >= 15 is 0 Å². The molecule has 0 saturated heterocycles. The predicted molar refractivity (Wildman–Crippen MR) is 128 cm³/mol. The Morgan fingerprint density at radius 3 is 2.52 bits per heavy atom. The van der Waals surface area contributed by atoms with Crippen molar-refractivity contribution in [2.45, 2.75) is 59.2 Å². The topological polar surface area (TPSA) is 112 Å². The van der Waals surface area contributed by atoms with Gasteiger partial charge in [-0.15, -0.1) is 0 Å². The van der Waals surface area contributed by atoms with Crippen molar-refractivity contribution >= 4 is 22.7 Å². The van der Waals surface area contributed by atoms with Crippen molar-refractivity contribution in [3.63, 3.8) is 0 Å². The molecule has 172 valence electrons. The summed E-state index contributed by atoms with van der Waals surface area (Å²) in [6, 6.07) is 3.90. The molecule has 0 radical (unpaired) electrons. The van der Waals surface area contributed by atoms with E-state index in [1.165, 1.54) is 25.7 Å². The van der Waals surface area contributed by atoms with E-state index in [0.29, 0.717) is 24.2 Å². The zero-order valence-electron chi connectivity index (χ0n) is 19.3. The Hall–Kier alpha value is -3.49. The molecule has 0 amide bonds. The van der Waals surface area contributed by atoms with Gasteiger partial charge < -0.3 is 11.1 Å². The predicted octanol–water partition coefficient (Wildman–Crippen LogP) is 3.74. The monoisotopic (exact) mass is 445 g/mol. The maximum atomic E-state index is 5.86. The van der Waals surface area contributed by atoms with Crippen LogP contribution in [-0.2, 0) is 19.6 Å². The average Bonchev–Trinajstić information content (AvgIpc) is 3.44. The van der Waals surface area contributed by atoms with E-state index in [2.05, 4.69) is 49.4 Å². The van der Waals surface area contributed by atoms with Crippen molar-refractivity contribution in [3.05, 3.63) is 53.9 Å². The minimum Gasteiger partial charge on any atom is -0.384 e. The molecule has 1 aliphatic carbocycles. The summed E-state index contributed by atoms with van der Waals surface area (Å²) >= 11 is 0. The normalized spacial score (nSPS) is 18.6. The van der Waals surface area contributed by atoms with Gasteiger partial charge in [0, 0.05) is 43.9 Å². The molecule has 9 nitrogen and oxygen atoms in total. The number of aromatic nitrogens is 7. The fourth-order valence-electron chi connectivity index (χ4n) is 4.98. The Labute approximate surface area is 193 Å². The number of nitrogen functional groups attached to an aromatic ring is 1. The van der Waals surface area contributed by atoms with Gasteiger partial charge >= 0.3 is 0 Å². The highest BCUT2D eigenvalue weighted by molar-refractivity contribution is 5.85. The van der Waals surface area contributed by atoms with Crippen LogP contribution in [0, 0.1) is 25.7 Å². The molecule has 0 bridgehead atoms. The van der Waals surface area contributed by atoms with Gasteiger partial charge in [0.15, 0.2) is 5.65 Å². The minimum absolute atomic E-state index is 0.551. The van der Waals surface area contributed by atoms with E-state index in [1.807, 2.05) is 29.9 Å². The molecule has 0 atom stereocenters. The molecule has 5 rings (SSSR count). The summed E-state index contributed by atoms with van der Waals surface area (Å²) in [5, 5.41) is 13.5. The lowest BCUT2D eigenvalue weighted by Gasteiger charge is -2.28. The van der Waals surface area contributed by atoms with E-state index in [0.717, 1.165) is 46.8 Å². The maximum absolute atomic E-state index is 5.86. The van der Waals surface area contributed by atoms with Gasteiger partial charge in [0.05, 0.1) is 5.39 Å². The molecule has 4 heterocycles. The molecule has 4 aromatic rings. The number of nitrogens with two attached hydrogens (primary N) is 1. The Balaban J connectivity index is 1.23. The number of nitrogens with one attached hydrogen (secondary N) is 1. The minimum atomic E-state index is 0.551. The summed E-state index contributed by atoms with van der Waals surface area (Å²) < 4.78 is 4.10. The third kappa shape index (κ3) is 4.81. The summed E-state index contributed by atoms with van der Waals surface area (Å²) in [4.78, 5) is 13.3. The summed E-state index contributed by atoms with van der Waals surface area (Å²) in [5.41, 5.74) is 9.78. The highest BCUT2D eigenvalue weighted by atomic mass is 15.3. The number of hydrogen-bond acceptors (Lipinski definition) is 7. The first-order chi connectivity index (χ1) is 16.0. The molecular weight excluding hydrogens is 414 g/mol. The molecule has 0 aliphatic heterocycles. The average molecular weight is 446 g/mol. The van der Waals surface area contributed by atoms with Crippen LogP contribution >= 0.6 is 0 Å². The quantitative estimate of drug-likeness (QED) is 0.446. The zero-order valence-corrected chi connectivity index (χ0v) is 19.3. The van der Waals surface area contributed by atoms with Crippen molar-refractivity contribution in [3.8, 4) is 0 Å². The molecule has 33 heavy (non-hydrogen) atoms. The van der Waals surface area contributed by atoms with Crippen LogP contribution in [0.3, 0.4) is 0 Å². The second-order valence-electron chi connectivity index (χ2n) is 9.21. The van der Waals surface area contributed by atoms with Gasteiger partial charge in [0.2, 0.25) is 0 Å². The van der Waals surface area contributed by atoms with Crippen LogP contribution in [0.15, 0.2) is 37.1 Å². The molecule has 3 N–H and O–H groups in total. The standard InChI is InChI=1S/C24H31N9/c1-16-10-22(25)30-17(2)20(16)11-26-23-21-14-33(31-24(21)28-15-27-23)13-19-6-4-18(5-7-19)12-32-9-3-8-29-32/h3,8-10,14-15,18-19H,4-7,11-13H2,1-2H3,(H2,25,30)(H,26,27,28,31). The van der Waals surface area contributed by atoms with Crippen molar-refractivity contribution in [1.82, 2.24) is 34.5 Å². The smallest absolute Gasteiger partial charge is 0.186 e. The van der Waals surface area contributed by atoms with Crippen LogP contribution in [0.1, 0.15) is 42.5 Å². The second-order valence-corrected chi connectivity index (χ2v) is 9.21. The maximum Gasteiger partial charge on any atom is 0.186 e. The number of pyridine rings is 1. The Kier molecular flexibility index (Phi) is 5.93. The van der Waals surface area contributed by atoms with Gasteiger partial charge in [0.25, 0.3) is 0 Å². The number of fused-ring (bicyclic) bond motifs is 1. The fraction of sp³-hybridized carbons (Fsp3) is 0.458. The summed E-state index contributed by atoms with van der Waals surface area (Å²) in [5.74, 6) is 2.71. The zero-order chi connectivity index (χ0) is 22.8. The van der Waals surface area contributed by atoms with E-state index < -0.39 is 0 Å². The molecule has 0 unspecified atom stereocenters. The third-order valence-electron chi connectivity index (χ3n) is 6.79. The van der Waals surface area contributed by atoms with Crippen molar-refractivity contribution in [1.29, 1.82) is 0 Å². The van der Waals surface area contributed by atoms with Crippen molar-refractivity contribution in [2.24, 2.45) is 11.8 Å². The van der Waals surface area contributed by atoms with Gasteiger partial charge in [-0.25, -0.2) is 15.0 Å². The van der Waals surface area contributed by atoms with E-state index in [1.54, 1.807) is 6.33 Å². The van der Waals surface area contributed by atoms with Crippen molar-refractivity contribution in [2.75, 3.05) is 11.1 Å². The highest BCUT2D eigenvalue weighted by Crippen LogP contribution is 2.31. The summed E-state index contributed by atoms with van der Waals surface area (Å²) in [7, 11) is 0. The van der Waals surface area contributed by atoms with Crippen LogP contribution in [-0.4, -0.2) is 34.5 Å². The highest BCUT2D eigenvalue weighted by Gasteiger charge is 2.22. The first kappa shape index (κ1) is 21.4. The second kappa shape index (κ2) is 9.17. The van der Waals surface area contributed by atoms with Gasteiger partial charge in [-0.1, -0.05) is 0 Å². The van der Waals surface area contributed by atoms with Crippen LogP contribution in [0.2, 0.25) is 0 Å². The molecule has 9 heteroatoms. The van der Waals surface area contributed by atoms with Gasteiger partial charge in [-0.3, -0.25) is 9.36 Å². The van der Waals surface area contributed by atoms with E-state index in [-0.39, 0.29) is 0 Å². The number of anilines is 2. The van der Waals surface area contributed by atoms with E-state index in [4.69, 9.17) is 10.8 Å². The third-order valence-corrected chi connectivity index (χ3v) is 6.79. The van der Waals surface area contributed by atoms with Crippen molar-refractivity contribution < 1.29 is 0 Å². The van der Waals surface area contributed by atoms with E-state index in [9.17, 15) is 0 Å². The molecule has 0 spiro atoms. The summed E-state index contributed by atoms with van der Waals surface area (Å²) in [6.45, 7) is 6.61. The van der Waals surface area contributed by atoms with Crippen LogP contribution in [0.4, 0.5) is 11.6 Å². The molecule has 4 aromatic heterocycles. The first-order valence-electron chi connectivity index (χ1n) is 11.7. The summed E-state index contributed by atoms with van der Waals surface area (Å²) in [6.07, 6.45) is 12.5. The molecule has 1 aliphatic rings. The van der Waals surface area contributed by atoms with Crippen LogP contribution < -0.4 is 11.1 Å². The lowest BCUT2D eigenvalue weighted by atomic mass is 9.82. The molecular formula is C24H31N9. The number of rotatable bonds is 7. The lowest BCUT2D eigenvalue weighted by Crippen LogP contribution is -2.22. The SMILES string of the molecule is Cc1cc(N)nc(C)c1CNc1ncnc2nn(CC3CCC(Cn4cccn4)CC3)cc12. The van der Waals surface area contributed by atoms with Gasteiger partial charge in [0.1, 0.15) is 18.0 Å². The van der Waals surface area contributed by atoms with Crippen LogP contribution in [0.25, 0.3) is 11.0 Å². The Morgan fingerprint density at radius 2 is 1.82 bits per heavy atom. The van der Waals surface area contributed by atoms with Gasteiger partial charge in [-0.05, 0) is 74.6 Å². The molecule has 1 fully saturated rings. The first-order valence-corrected chi connectivity index (χ1v) is 11.7. The number of hydrogen-bond donors (Lipinski definition) is 2. The largest absolute Gasteiger partial charge is 0.384 e. The van der Waals surface area contributed by atoms with Crippen LogP contribution in [0.5, 0.6) is 0 Å². The molecule has 0 aromatic carbocycles. The fourth-order valence-corrected chi connectivity index (χ4v) is 4.98. The Bertz CT molecular complexity index is 1200. The Morgan fingerprint density at radius 1 is 1.06 bits per heavy atom. The number of nitrogens with zero attached hydrogens (tertiary/aromatic N) is 7. The lowest BCUT2D eigenvalue weighted by molar-refractivity contribution is 0.224. The van der Waals surface area contributed by atoms with Gasteiger partial charge in [-0.2, -0.15) is 10.2 Å². The molecule has 1 saturated carbocycles. The number of aryl methyl sites for hydroxylation is 2.